The second kappa shape index (κ2) is 7.13. The van der Waals surface area contributed by atoms with Gasteiger partial charge in [-0.25, -0.2) is 4.98 Å². The zero-order valence-corrected chi connectivity index (χ0v) is 15.6. The van der Waals surface area contributed by atoms with Crippen molar-refractivity contribution >= 4 is 11.8 Å². The normalized spacial score (nSPS) is 23.1. The number of rotatable bonds is 3. The lowest BCUT2D eigenvalue weighted by Crippen LogP contribution is -2.54. The highest BCUT2D eigenvalue weighted by Gasteiger charge is 2.43. The number of hydrogen-bond donors (Lipinski definition) is 0. The SMILES string of the molecule is Cc1ocnc1C(=O)N1CCC[C@]2(CCC(=O)N(Cc3cccnc3)C2)C1. The van der Waals surface area contributed by atoms with Crippen LogP contribution in [0.25, 0.3) is 0 Å². The minimum Gasteiger partial charge on any atom is -0.448 e. The van der Waals surface area contributed by atoms with Gasteiger partial charge in [0, 0.05) is 50.4 Å². The van der Waals surface area contributed by atoms with E-state index in [9.17, 15) is 9.59 Å². The fourth-order valence-electron chi connectivity index (χ4n) is 4.33. The summed E-state index contributed by atoms with van der Waals surface area (Å²) >= 11 is 0. The van der Waals surface area contributed by atoms with E-state index < -0.39 is 0 Å². The molecular weight excluding hydrogens is 344 g/mol. The second-order valence-electron chi connectivity index (χ2n) is 7.70. The van der Waals surface area contributed by atoms with Gasteiger partial charge in [0.15, 0.2) is 12.1 Å². The van der Waals surface area contributed by atoms with Crippen LogP contribution in [0, 0.1) is 12.3 Å². The quantitative estimate of drug-likeness (QED) is 0.831. The lowest BCUT2D eigenvalue weighted by molar-refractivity contribution is -0.139. The van der Waals surface area contributed by atoms with Crippen LogP contribution < -0.4 is 0 Å². The van der Waals surface area contributed by atoms with Crippen LogP contribution in [-0.2, 0) is 11.3 Å². The van der Waals surface area contributed by atoms with E-state index in [-0.39, 0.29) is 17.2 Å². The summed E-state index contributed by atoms with van der Waals surface area (Å²) in [7, 11) is 0. The number of oxazole rings is 1. The molecule has 0 bridgehead atoms. The van der Waals surface area contributed by atoms with Crippen molar-refractivity contribution in [3.63, 3.8) is 0 Å². The van der Waals surface area contributed by atoms with Crippen LogP contribution in [0.4, 0.5) is 0 Å². The molecule has 0 saturated carbocycles. The van der Waals surface area contributed by atoms with E-state index in [0.29, 0.717) is 37.5 Å². The van der Waals surface area contributed by atoms with Gasteiger partial charge in [-0.3, -0.25) is 14.6 Å². The molecule has 0 N–H and O–H groups in total. The first-order valence-corrected chi connectivity index (χ1v) is 9.42. The van der Waals surface area contributed by atoms with E-state index >= 15 is 0 Å². The minimum atomic E-state index is -0.0731. The highest BCUT2D eigenvalue weighted by Crippen LogP contribution is 2.39. The van der Waals surface area contributed by atoms with Crippen LogP contribution in [0.15, 0.2) is 35.3 Å². The van der Waals surface area contributed by atoms with Crippen molar-refractivity contribution in [2.75, 3.05) is 19.6 Å². The smallest absolute Gasteiger partial charge is 0.276 e. The average molecular weight is 368 g/mol. The maximum atomic E-state index is 12.9. The molecule has 0 unspecified atom stereocenters. The Morgan fingerprint density at radius 1 is 1.33 bits per heavy atom. The number of aromatic nitrogens is 2. The van der Waals surface area contributed by atoms with Crippen LogP contribution in [0.5, 0.6) is 0 Å². The van der Waals surface area contributed by atoms with Crippen molar-refractivity contribution in [3.05, 3.63) is 47.9 Å². The Labute approximate surface area is 158 Å². The lowest BCUT2D eigenvalue weighted by Gasteiger charge is -2.48. The molecule has 0 radical (unpaired) electrons. The topological polar surface area (TPSA) is 79.5 Å². The maximum absolute atomic E-state index is 12.9. The number of aryl methyl sites for hydroxylation is 1. The molecule has 0 aliphatic carbocycles. The Morgan fingerprint density at radius 3 is 2.96 bits per heavy atom. The summed E-state index contributed by atoms with van der Waals surface area (Å²) in [6.07, 6.45) is 8.19. The molecule has 142 valence electrons. The number of piperidine rings is 2. The predicted molar refractivity (Wildman–Crippen MR) is 97.7 cm³/mol. The summed E-state index contributed by atoms with van der Waals surface area (Å²) in [5.41, 5.74) is 1.39. The molecular formula is C20H24N4O3. The molecule has 1 spiro atoms. The molecule has 7 nitrogen and oxygen atoms in total. The summed E-state index contributed by atoms with van der Waals surface area (Å²) < 4.78 is 5.19. The summed E-state index contributed by atoms with van der Waals surface area (Å²) in [4.78, 5) is 37.4. The molecule has 2 aromatic rings. The molecule has 2 aromatic heterocycles. The number of carbonyl (C=O) groups is 2. The third-order valence-corrected chi connectivity index (χ3v) is 5.74. The van der Waals surface area contributed by atoms with Gasteiger partial charge in [-0.2, -0.15) is 0 Å². The van der Waals surface area contributed by atoms with Gasteiger partial charge < -0.3 is 14.2 Å². The van der Waals surface area contributed by atoms with Crippen molar-refractivity contribution in [3.8, 4) is 0 Å². The van der Waals surface area contributed by atoms with Crippen LogP contribution in [0.3, 0.4) is 0 Å². The van der Waals surface area contributed by atoms with Crippen LogP contribution in [-0.4, -0.2) is 51.2 Å². The third-order valence-electron chi connectivity index (χ3n) is 5.74. The van der Waals surface area contributed by atoms with Gasteiger partial charge >= 0.3 is 0 Å². The number of carbonyl (C=O) groups excluding carboxylic acids is 2. The van der Waals surface area contributed by atoms with Gasteiger partial charge in [-0.05, 0) is 37.8 Å². The molecule has 4 rings (SSSR count). The molecule has 2 saturated heterocycles. The van der Waals surface area contributed by atoms with Gasteiger partial charge in [0.2, 0.25) is 5.91 Å². The first-order valence-electron chi connectivity index (χ1n) is 9.42. The highest BCUT2D eigenvalue weighted by atomic mass is 16.3. The number of amides is 2. The summed E-state index contributed by atoms with van der Waals surface area (Å²) in [6.45, 7) is 4.40. The van der Waals surface area contributed by atoms with Gasteiger partial charge in [0.25, 0.3) is 5.91 Å². The van der Waals surface area contributed by atoms with Gasteiger partial charge in [-0.15, -0.1) is 0 Å². The molecule has 4 heterocycles. The van der Waals surface area contributed by atoms with Crippen molar-refractivity contribution in [2.45, 2.75) is 39.2 Å². The number of hydrogen-bond acceptors (Lipinski definition) is 5. The maximum Gasteiger partial charge on any atom is 0.276 e. The van der Waals surface area contributed by atoms with Crippen molar-refractivity contribution in [2.24, 2.45) is 5.41 Å². The molecule has 2 aliphatic rings. The standard InChI is InChI=1S/C20H24N4O3/c1-15-18(22-14-27-15)19(26)23-9-3-6-20(12-23)7-5-17(25)24(13-20)11-16-4-2-8-21-10-16/h2,4,8,10,14H,3,5-7,9,11-13H2,1H3/t20-/m0/s1. The zero-order chi connectivity index (χ0) is 18.9. The van der Waals surface area contributed by atoms with Gasteiger partial charge in [0.1, 0.15) is 5.76 Å². The Bertz CT molecular complexity index is 835. The van der Waals surface area contributed by atoms with E-state index in [4.69, 9.17) is 4.42 Å². The highest BCUT2D eigenvalue weighted by molar-refractivity contribution is 5.93. The third kappa shape index (κ3) is 3.59. The first kappa shape index (κ1) is 17.7. The lowest BCUT2D eigenvalue weighted by atomic mass is 9.73. The molecule has 1 atom stereocenters. The van der Waals surface area contributed by atoms with Gasteiger partial charge in [-0.1, -0.05) is 6.07 Å². The van der Waals surface area contributed by atoms with E-state index in [1.807, 2.05) is 21.9 Å². The fourth-order valence-corrected chi connectivity index (χ4v) is 4.33. The van der Waals surface area contributed by atoms with Crippen LogP contribution in [0.1, 0.15) is 47.5 Å². The molecule has 2 amide bonds. The second-order valence-corrected chi connectivity index (χ2v) is 7.70. The number of nitrogens with zero attached hydrogens (tertiary/aromatic N) is 4. The molecule has 7 heteroatoms. The molecule has 2 aliphatic heterocycles. The average Bonchev–Trinajstić information content (AvgIpc) is 3.11. The van der Waals surface area contributed by atoms with Crippen LogP contribution in [0.2, 0.25) is 0 Å². The minimum absolute atomic E-state index is 0.0400. The Hall–Kier alpha value is -2.70. The Morgan fingerprint density at radius 2 is 2.22 bits per heavy atom. The van der Waals surface area contributed by atoms with Crippen molar-refractivity contribution in [1.82, 2.24) is 19.8 Å². The summed E-state index contributed by atoms with van der Waals surface area (Å²) in [5, 5.41) is 0. The molecule has 2 fully saturated rings. The van der Waals surface area contributed by atoms with Crippen molar-refractivity contribution < 1.29 is 14.0 Å². The summed E-state index contributed by atoms with van der Waals surface area (Å²) in [6, 6.07) is 3.88. The Kier molecular flexibility index (Phi) is 4.68. The monoisotopic (exact) mass is 368 g/mol. The Balaban J connectivity index is 1.49. The fraction of sp³-hybridized carbons (Fsp3) is 0.500. The molecule has 27 heavy (non-hydrogen) atoms. The van der Waals surface area contributed by atoms with Crippen molar-refractivity contribution in [1.29, 1.82) is 0 Å². The largest absolute Gasteiger partial charge is 0.448 e. The van der Waals surface area contributed by atoms with E-state index in [0.717, 1.165) is 31.4 Å². The van der Waals surface area contributed by atoms with Crippen LogP contribution >= 0.6 is 0 Å². The predicted octanol–water partition coefficient (Wildman–Crippen LogP) is 2.42. The first-order chi connectivity index (χ1) is 13.1. The molecule has 0 aromatic carbocycles. The van der Waals surface area contributed by atoms with Gasteiger partial charge in [0.05, 0.1) is 0 Å². The number of likely N-dealkylation sites (tertiary alicyclic amines) is 2. The summed E-state index contributed by atoms with van der Waals surface area (Å²) in [5.74, 6) is 0.660. The van der Waals surface area contributed by atoms with E-state index in [2.05, 4.69) is 9.97 Å². The van der Waals surface area contributed by atoms with E-state index in [1.165, 1.54) is 6.39 Å². The number of pyridine rings is 1. The zero-order valence-electron chi connectivity index (χ0n) is 15.6. The van der Waals surface area contributed by atoms with E-state index in [1.54, 1.807) is 19.3 Å².